The normalized spacial score (nSPS) is 33.2. The van der Waals surface area contributed by atoms with Crippen molar-refractivity contribution >= 4 is 0 Å². The highest BCUT2D eigenvalue weighted by Crippen LogP contribution is 2.27. The van der Waals surface area contributed by atoms with Crippen LogP contribution in [0.3, 0.4) is 0 Å². The Kier molecular flexibility index (Phi) is 2.84. The highest BCUT2D eigenvalue weighted by molar-refractivity contribution is 4.94. The lowest BCUT2D eigenvalue weighted by atomic mass is 10.1. The molecule has 0 saturated carbocycles. The fourth-order valence-corrected chi connectivity index (χ4v) is 2.41. The molecule has 2 aliphatic rings. The van der Waals surface area contributed by atoms with Crippen LogP contribution in [-0.4, -0.2) is 36.7 Å². The number of rotatable bonds is 3. The first-order valence-electron chi connectivity index (χ1n) is 4.96. The zero-order valence-electron chi connectivity index (χ0n) is 7.83. The van der Waals surface area contributed by atoms with E-state index in [-0.39, 0.29) is 0 Å². The topological polar surface area (TPSA) is 24.5 Å². The van der Waals surface area contributed by atoms with Crippen LogP contribution in [0.5, 0.6) is 0 Å². The highest BCUT2D eigenvalue weighted by atomic mass is 16.6. The number of hydrogen-bond donors (Lipinski definition) is 1. The van der Waals surface area contributed by atoms with Crippen LogP contribution in [0.4, 0.5) is 0 Å². The molecule has 3 heteroatoms. The predicted molar refractivity (Wildman–Crippen MR) is 50.9 cm³/mol. The SMILES string of the molecule is C#CCONC1CCN2CCCC12. The average Bonchev–Trinajstić information content (AvgIpc) is 2.68. The fraction of sp³-hybridized carbons (Fsp3) is 0.800. The summed E-state index contributed by atoms with van der Waals surface area (Å²) < 4.78 is 0. The third-order valence-corrected chi connectivity index (χ3v) is 3.00. The summed E-state index contributed by atoms with van der Waals surface area (Å²) in [5.74, 6) is 2.45. The van der Waals surface area contributed by atoms with Gasteiger partial charge in [-0.1, -0.05) is 5.92 Å². The molecule has 2 saturated heterocycles. The predicted octanol–water partition coefficient (Wildman–Crippen LogP) is 0.377. The number of nitrogens with one attached hydrogen (secondary N) is 1. The number of hydrogen-bond acceptors (Lipinski definition) is 3. The Balaban J connectivity index is 1.77. The van der Waals surface area contributed by atoms with Crippen LogP contribution >= 0.6 is 0 Å². The van der Waals surface area contributed by atoms with Crippen LogP contribution in [0.1, 0.15) is 19.3 Å². The third kappa shape index (κ3) is 1.86. The number of terminal acetylenes is 1. The van der Waals surface area contributed by atoms with E-state index in [1.165, 1.54) is 32.4 Å². The van der Waals surface area contributed by atoms with Crippen molar-refractivity contribution in [3.63, 3.8) is 0 Å². The van der Waals surface area contributed by atoms with Gasteiger partial charge in [0.2, 0.25) is 0 Å². The average molecular weight is 180 g/mol. The molecule has 13 heavy (non-hydrogen) atoms. The van der Waals surface area contributed by atoms with Crippen LogP contribution in [-0.2, 0) is 4.84 Å². The van der Waals surface area contributed by atoms with Gasteiger partial charge in [0.05, 0.1) is 0 Å². The van der Waals surface area contributed by atoms with Gasteiger partial charge in [0.15, 0.2) is 0 Å². The van der Waals surface area contributed by atoms with Crippen molar-refractivity contribution in [3.05, 3.63) is 0 Å². The minimum atomic E-state index is 0.364. The molecule has 2 atom stereocenters. The monoisotopic (exact) mass is 180 g/mol. The zero-order valence-corrected chi connectivity index (χ0v) is 7.83. The summed E-state index contributed by atoms with van der Waals surface area (Å²) in [5, 5.41) is 0. The van der Waals surface area contributed by atoms with E-state index >= 15 is 0 Å². The van der Waals surface area contributed by atoms with Gasteiger partial charge < -0.3 is 0 Å². The summed E-state index contributed by atoms with van der Waals surface area (Å²) in [6, 6.07) is 1.19. The van der Waals surface area contributed by atoms with Gasteiger partial charge in [-0.25, -0.2) is 0 Å². The van der Waals surface area contributed by atoms with Gasteiger partial charge in [0.25, 0.3) is 0 Å². The summed E-state index contributed by atoms with van der Waals surface area (Å²) in [6.45, 7) is 2.84. The maximum absolute atomic E-state index is 5.16. The molecule has 0 aromatic heterocycles. The largest absolute Gasteiger partial charge is 0.299 e. The highest BCUT2D eigenvalue weighted by Gasteiger charge is 2.36. The first kappa shape index (κ1) is 9.01. The Labute approximate surface area is 79.4 Å². The lowest BCUT2D eigenvalue weighted by Gasteiger charge is -2.20. The van der Waals surface area contributed by atoms with Crippen LogP contribution in [0.2, 0.25) is 0 Å². The molecule has 3 nitrogen and oxygen atoms in total. The second-order valence-corrected chi connectivity index (χ2v) is 3.75. The smallest absolute Gasteiger partial charge is 0.128 e. The van der Waals surface area contributed by atoms with E-state index in [1.807, 2.05) is 0 Å². The summed E-state index contributed by atoms with van der Waals surface area (Å²) in [7, 11) is 0. The van der Waals surface area contributed by atoms with E-state index in [4.69, 9.17) is 11.3 Å². The molecule has 0 bridgehead atoms. The molecule has 0 aliphatic carbocycles. The van der Waals surface area contributed by atoms with Crippen molar-refractivity contribution in [1.29, 1.82) is 0 Å². The van der Waals surface area contributed by atoms with E-state index in [0.717, 1.165) is 0 Å². The molecule has 2 unspecified atom stereocenters. The van der Waals surface area contributed by atoms with E-state index in [1.54, 1.807) is 0 Å². The minimum Gasteiger partial charge on any atom is -0.299 e. The summed E-state index contributed by atoms with van der Waals surface area (Å²) in [6.07, 6.45) is 8.92. The van der Waals surface area contributed by atoms with Gasteiger partial charge >= 0.3 is 0 Å². The lowest BCUT2D eigenvalue weighted by molar-refractivity contribution is 0.0308. The Morgan fingerprint density at radius 1 is 1.46 bits per heavy atom. The van der Waals surface area contributed by atoms with Gasteiger partial charge in [-0.15, -0.1) is 6.42 Å². The molecule has 72 valence electrons. The van der Waals surface area contributed by atoms with Crippen LogP contribution in [0, 0.1) is 12.3 Å². The summed E-state index contributed by atoms with van der Waals surface area (Å²) in [5.41, 5.74) is 3.07. The lowest BCUT2D eigenvalue weighted by Crippen LogP contribution is -2.39. The number of hydroxylamine groups is 1. The van der Waals surface area contributed by atoms with Gasteiger partial charge in [0.1, 0.15) is 6.61 Å². The van der Waals surface area contributed by atoms with E-state index in [2.05, 4.69) is 16.3 Å². The zero-order chi connectivity index (χ0) is 9.10. The molecular weight excluding hydrogens is 164 g/mol. The van der Waals surface area contributed by atoms with Gasteiger partial charge in [-0.05, 0) is 25.8 Å². The van der Waals surface area contributed by atoms with Crippen LogP contribution < -0.4 is 5.48 Å². The second-order valence-electron chi connectivity index (χ2n) is 3.75. The standard InChI is InChI=1S/C10H16N2O/c1-2-8-13-11-9-5-7-12-6-3-4-10(9)12/h1,9-11H,3-8H2. The summed E-state index contributed by atoms with van der Waals surface area (Å²) >= 11 is 0. The molecule has 1 N–H and O–H groups in total. The van der Waals surface area contributed by atoms with Gasteiger partial charge in [-0.2, -0.15) is 5.48 Å². The number of fused-ring (bicyclic) bond motifs is 1. The third-order valence-electron chi connectivity index (χ3n) is 3.00. The molecule has 2 rings (SSSR count). The maximum Gasteiger partial charge on any atom is 0.128 e. The van der Waals surface area contributed by atoms with Crippen molar-refractivity contribution in [2.45, 2.75) is 31.3 Å². The Morgan fingerprint density at radius 3 is 3.23 bits per heavy atom. The van der Waals surface area contributed by atoms with E-state index in [0.29, 0.717) is 18.7 Å². The molecule has 0 spiro atoms. The van der Waals surface area contributed by atoms with Crippen molar-refractivity contribution in [3.8, 4) is 12.3 Å². The molecule has 0 aromatic rings. The van der Waals surface area contributed by atoms with Crippen molar-refractivity contribution in [1.82, 2.24) is 10.4 Å². The van der Waals surface area contributed by atoms with Gasteiger partial charge in [0, 0.05) is 18.6 Å². The van der Waals surface area contributed by atoms with Gasteiger partial charge in [-0.3, -0.25) is 9.74 Å². The molecule has 2 fully saturated rings. The first-order valence-corrected chi connectivity index (χ1v) is 4.96. The fourth-order valence-electron chi connectivity index (χ4n) is 2.41. The molecule has 0 radical (unpaired) electrons. The molecule has 0 aromatic carbocycles. The first-order chi connectivity index (χ1) is 6.42. The quantitative estimate of drug-likeness (QED) is 0.386. The Morgan fingerprint density at radius 2 is 2.38 bits per heavy atom. The molecule has 0 amide bonds. The molecule has 2 heterocycles. The van der Waals surface area contributed by atoms with Crippen LogP contribution in [0.25, 0.3) is 0 Å². The van der Waals surface area contributed by atoms with Crippen molar-refractivity contribution < 1.29 is 4.84 Å². The van der Waals surface area contributed by atoms with Crippen molar-refractivity contribution in [2.24, 2.45) is 0 Å². The van der Waals surface area contributed by atoms with E-state index < -0.39 is 0 Å². The van der Waals surface area contributed by atoms with Crippen LogP contribution in [0.15, 0.2) is 0 Å². The molecular formula is C10H16N2O. The number of nitrogens with zero attached hydrogens (tertiary/aromatic N) is 1. The van der Waals surface area contributed by atoms with Crippen molar-refractivity contribution in [2.75, 3.05) is 19.7 Å². The summed E-state index contributed by atoms with van der Waals surface area (Å²) in [4.78, 5) is 7.70. The molecule has 2 aliphatic heterocycles. The maximum atomic E-state index is 5.16. The Bertz CT molecular complexity index is 211. The Hall–Kier alpha value is -0.560. The van der Waals surface area contributed by atoms with E-state index in [9.17, 15) is 0 Å². The minimum absolute atomic E-state index is 0.364. The second kappa shape index (κ2) is 4.10.